The van der Waals surface area contributed by atoms with E-state index in [9.17, 15) is 5.11 Å². The Hall–Kier alpha value is -0.640. The molecule has 1 atom stereocenters. The maximum absolute atomic E-state index is 10.4. The molecular formula is C14H15BrOS. The van der Waals surface area contributed by atoms with Gasteiger partial charge < -0.3 is 5.11 Å². The van der Waals surface area contributed by atoms with Gasteiger partial charge in [-0.25, -0.2) is 0 Å². The number of halogens is 1. The molecule has 2 rings (SSSR count). The summed E-state index contributed by atoms with van der Waals surface area (Å²) in [5.74, 6) is 0. The molecule has 0 fully saturated rings. The van der Waals surface area contributed by atoms with Gasteiger partial charge in [0.1, 0.15) is 6.10 Å². The SMILES string of the molecule is Cc1cc(C(O)c2cccc(C)c2C)sc1Br. The second-order valence-electron chi connectivity index (χ2n) is 4.30. The van der Waals surface area contributed by atoms with Crippen LogP contribution < -0.4 is 0 Å². The van der Waals surface area contributed by atoms with Crippen molar-refractivity contribution in [3.63, 3.8) is 0 Å². The second-order valence-corrected chi connectivity index (χ2v) is 6.70. The molecule has 1 N–H and O–H groups in total. The fourth-order valence-corrected chi connectivity index (χ4v) is 3.42. The molecule has 0 radical (unpaired) electrons. The Bertz CT molecular complexity index is 526. The maximum Gasteiger partial charge on any atom is 0.113 e. The number of hydrogen-bond acceptors (Lipinski definition) is 2. The van der Waals surface area contributed by atoms with Crippen LogP contribution in [0.2, 0.25) is 0 Å². The molecule has 0 aliphatic heterocycles. The van der Waals surface area contributed by atoms with Crippen LogP contribution in [-0.4, -0.2) is 5.11 Å². The molecular weight excluding hydrogens is 296 g/mol. The third-order valence-corrected chi connectivity index (χ3v) is 5.28. The fourth-order valence-electron chi connectivity index (χ4n) is 1.84. The molecule has 0 aliphatic carbocycles. The Morgan fingerprint density at radius 2 is 1.88 bits per heavy atom. The van der Waals surface area contributed by atoms with Crippen LogP contribution in [0.25, 0.3) is 0 Å². The fraction of sp³-hybridized carbons (Fsp3) is 0.286. The van der Waals surface area contributed by atoms with Gasteiger partial charge >= 0.3 is 0 Å². The third kappa shape index (κ3) is 2.46. The van der Waals surface area contributed by atoms with E-state index in [1.54, 1.807) is 11.3 Å². The van der Waals surface area contributed by atoms with Crippen LogP contribution in [0, 0.1) is 20.8 Å². The van der Waals surface area contributed by atoms with E-state index in [1.165, 1.54) is 16.7 Å². The highest BCUT2D eigenvalue weighted by molar-refractivity contribution is 9.11. The summed E-state index contributed by atoms with van der Waals surface area (Å²) >= 11 is 5.10. The standard InChI is InChI=1S/C14H15BrOS/c1-8-5-4-6-11(10(8)3)13(16)12-7-9(2)14(15)17-12/h4-7,13,16H,1-3H3. The van der Waals surface area contributed by atoms with E-state index in [1.807, 2.05) is 25.1 Å². The third-order valence-electron chi connectivity index (χ3n) is 3.09. The van der Waals surface area contributed by atoms with Gasteiger partial charge in [-0.15, -0.1) is 11.3 Å². The molecule has 90 valence electrons. The normalized spacial score (nSPS) is 12.8. The second kappa shape index (κ2) is 4.92. The Morgan fingerprint density at radius 1 is 1.18 bits per heavy atom. The molecule has 0 spiro atoms. The number of hydrogen-bond donors (Lipinski definition) is 1. The van der Waals surface area contributed by atoms with E-state index in [0.29, 0.717) is 0 Å². The minimum atomic E-state index is -0.523. The van der Waals surface area contributed by atoms with E-state index in [4.69, 9.17) is 0 Å². The number of rotatable bonds is 2. The van der Waals surface area contributed by atoms with E-state index in [0.717, 1.165) is 14.2 Å². The van der Waals surface area contributed by atoms with Crippen LogP contribution in [0.1, 0.15) is 33.2 Å². The van der Waals surface area contributed by atoms with Crippen molar-refractivity contribution < 1.29 is 5.11 Å². The summed E-state index contributed by atoms with van der Waals surface area (Å²) in [7, 11) is 0. The van der Waals surface area contributed by atoms with Crippen LogP contribution in [-0.2, 0) is 0 Å². The Labute approximate surface area is 114 Å². The van der Waals surface area contributed by atoms with E-state index in [-0.39, 0.29) is 0 Å². The van der Waals surface area contributed by atoms with Crippen LogP contribution in [0.4, 0.5) is 0 Å². The quantitative estimate of drug-likeness (QED) is 0.864. The molecule has 17 heavy (non-hydrogen) atoms. The van der Waals surface area contributed by atoms with Crippen molar-refractivity contribution >= 4 is 27.3 Å². The number of thiophene rings is 1. The molecule has 0 saturated heterocycles. The minimum absolute atomic E-state index is 0.523. The zero-order valence-electron chi connectivity index (χ0n) is 10.1. The first-order valence-electron chi connectivity index (χ1n) is 5.50. The lowest BCUT2D eigenvalue weighted by atomic mass is 9.98. The van der Waals surface area contributed by atoms with Gasteiger partial charge in [0.2, 0.25) is 0 Å². The molecule has 1 heterocycles. The highest BCUT2D eigenvalue weighted by Crippen LogP contribution is 2.35. The molecule has 0 amide bonds. The predicted molar refractivity (Wildman–Crippen MR) is 76.7 cm³/mol. The Balaban J connectivity index is 2.43. The molecule has 1 aromatic heterocycles. The zero-order chi connectivity index (χ0) is 12.6. The smallest absolute Gasteiger partial charge is 0.113 e. The lowest BCUT2D eigenvalue weighted by molar-refractivity contribution is 0.223. The molecule has 1 nitrogen and oxygen atoms in total. The first-order chi connectivity index (χ1) is 8.00. The number of benzene rings is 1. The van der Waals surface area contributed by atoms with Crippen molar-refractivity contribution in [3.8, 4) is 0 Å². The average Bonchev–Trinajstić information content (AvgIpc) is 2.62. The van der Waals surface area contributed by atoms with Gasteiger partial charge in [-0.05, 0) is 65.0 Å². The molecule has 1 aromatic carbocycles. The lowest BCUT2D eigenvalue weighted by Crippen LogP contribution is -2.01. The van der Waals surface area contributed by atoms with Crippen molar-refractivity contribution in [1.82, 2.24) is 0 Å². The first-order valence-corrected chi connectivity index (χ1v) is 7.11. The van der Waals surface area contributed by atoms with Gasteiger partial charge in [0.25, 0.3) is 0 Å². The van der Waals surface area contributed by atoms with Crippen LogP contribution in [0.5, 0.6) is 0 Å². The summed E-state index contributed by atoms with van der Waals surface area (Å²) in [6, 6.07) is 8.11. The monoisotopic (exact) mass is 310 g/mol. The summed E-state index contributed by atoms with van der Waals surface area (Å²) in [6.45, 7) is 6.17. The topological polar surface area (TPSA) is 20.2 Å². The van der Waals surface area contributed by atoms with Gasteiger partial charge in [0.15, 0.2) is 0 Å². The number of aliphatic hydroxyl groups is 1. The molecule has 0 aliphatic rings. The van der Waals surface area contributed by atoms with Gasteiger partial charge in [-0.1, -0.05) is 18.2 Å². The van der Waals surface area contributed by atoms with Crippen LogP contribution >= 0.6 is 27.3 Å². The molecule has 0 bridgehead atoms. The summed E-state index contributed by atoms with van der Waals surface area (Å²) < 4.78 is 1.09. The van der Waals surface area contributed by atoms with Crippen molar-refractivity contribution in [1.29, 1.82) is 0 Å². The van der Waals surface area contributed by atoms with E-state index in [2.05, 4.69) is 35.8 Å². The zero-order valence-corrected chi connectivity index (χ0v) is 12.5. The largest absolute Gasteiger partial charge is 0.383 e. The summed E-state index contributed by atoms with van der Waals surface area (Å²) in [6.07, 6.45) is -0.523. The van der Waals surface area contributed by atoms with Crippen molar-refractivity contribution in [3.05, 3.63) is 55.2 Å². The molecule has 1 unspecified atom stereocenters. The molecule has 2 aromatic rings. The van der Waals surface area contributed by atoms with Gasteiger partial charge in [0, 0.05) is 4.88 Å². The van der Waals surface area contributed by atoms with Gasteiger partial charge in [-0.3, -0.25) is 0 Å². The van der Waals surface area contributed by atoms with Crippen molar-refractivity contribution in [2.24, 2.45) is 0 Å². The summed E-state index contributed by atoms with van der Waals surface area (Å²) in [5, 5.41) is 10.4. The molecule has 3 heteroatoms. The summed E-state index contributed by atoms with van der Waals surface area (Å²) in [4.78, 5) is 0.989. The van der Waals surface area contributed by atoms with Gasteiger partial charge in [-0.2, -0.15) is 0 Å². The highest BCUT2D eigenvalue weighted by Gasteiger charge is 2.16. The Kier molecular flexibility index (Phi) is 3.71. The lowest BCUT2D eigenvalue weighted by Gasteiger charge is -2.13. The first kappa shape index (κ1) is 12.8. The van der Waals surface area contributed by atoms with Crippen molar-refractivity contribution in [2.75, 3.05) is 0 Å². The van der Waals surface area contributed by atoms with Gasteiger partial charge in [0.05, 0.1) is 3.79 Å². The van der Waals surface area contributed by atoms with Crippen LogP contribution in [0.3, 0.4) is 0 Å². The maximum atomic E-state index is 10.4. The van der Waals surface area contributed by atoms with Crippen molar-refractivity contribution in [2.45, 2.75) is 26.9 Å². The van der Waals surface area contributed by atoms with E-state index >= 15 is 0 Å². The number of aryl methyl sites for hydroxylation is 2. The minimum Gasteiger partial charge on any atom is -0.383 e. The average molecular weight is 311 g/mol. The Morgan fingerprint density at radius 3 is 2.47 bits per heavy atom. The van der Waals surface area contributed by atoms with Crippen LogP contribution in [0.15, 0.2) is 28.1 Å². The predicted octanol–water partition coefficient (Wildman–Crippen LogP) is 4.52. The van der Waals surface area contributed by atoms with E-state index < -0.39 is 6.10 Å². The number of aliphatic hydroxyl groups excluding tert-OH is 1. The highest BCUT2D eigenvalue weighted by atomic mass is 79.9. The molecule has 0 saturated carbocycles. The summed E-state index contributed by atoms with van der Waals surface area (Å²) in [5.41, 5.74) is 4.56.